The van der Waals surface area contributed by atoms with Crippen molar-refractivity contribution in [1.82, 2.24) is 0 Å². The van der Waals surface area contributed by atoms with Gasteiger partial charge >= 0.3 is 7.12 Å². The van der Waals surface area contributed by atoms with E-state index in [1.807, 2.05) is 0 Å². The molecule has 0 aliphatic carbocycles. The summed E-state index contributed by atoms with van der Waals surface area (Å²) in [6.45, 7) is 3.24. The lowest BCUT2D eigenvalue weighted by molar-refractivity contribution is 0.117. The zero-order valence-corrected chi connectivity index (χ0v) is 11.8. The van der Waals surface area contributed by atoms with Crippen LogP contribution in [-0.2, 0) is 11.3 Å². The lowest BCUT2D eigenvalue weighted by atomic mass is 9.77. The van der Waals surface area contributed by atoms with Crippen molar-refractivity contribution < 1.29 is 19.5 Å². The monoisotopic (exact) mass is 266 g/mol. The molecule has 106 valence electrons. The van der Waals surface area contributed by atoms with Crippen molar-refractivity contribution >= 4 is 12.6 Å². The quantitative estimate of drug-likeness (QED) is 0.525. The number of methoxy groups -OCH3 is 1. The summed E-state index contributed by atoms with van der Waals surface area (Å²) < 4.78 is 10.7. The van der Waals surface area contributed by atoms with Crippen LogP contribution in [0.15, 0.2) is 18.2 Å². The highest BCUT2D eigenvalue weighted by Crippen LogP contribution is 2.12. The first kappa shape index (κ1) is 16.0. The molecule has 0 spiro atoms. The standard InChI is InChI=1S/C14H23BO4/c1-3-4-5-6-9-19-11-12-10-13(18-2)7-8-14(12)15(16)17/h7-8,10,16-17H,3-6,9,11H2,1-2H3. The van der Waals surface area contributed by atoms with E-state index >= 15 is 0 Å². The van der Waals surface area contributed by atoms with Crippen LogP contribution in [0.3, 0.4) is 0 Å². The third-order valence-corrected chi connectivity index (χ3v) is 3.03. The summed E-state index contributed by atoms with van der Waals surface area (Å²) in [6.07, 6.45) is 4.64. The maximum atomic E-state index is 9.30. The molecule has 0 bridgehead atoms. The van der Waals surface area contributed by atoms with Crippen molar-refractivity contribution in [3.8, 4) is 5.75 Å². The average molecular weight is 266 g/mol. The predicted molar refractivity (Wildman–Crippen MR) is 76.6 cm³/mol. The third kappa shape index (κ3) is 5.64. The number of rotatable bonds is 9. The van der Waals surface area contributed by atoms with E-state index in [0.29, 0.717) is 24.4 Å². The highest BCUT2D eigenvalue weighted by molar-refractivity contribution is 6.59. The fourth-order valence-corrected chi connectivity index (χ4v) is 1.90. The Bertz CT molecular complexity index is 368. The van der Waals surface area contributed by atoms with Crippen LogP contribution in [0.25, 0.3) is 0 Å². The molecule has 19 heavy (non-hydrogen) atoms. The van der Waals surface area contributed by atoms with Crippen LogP contribution in [0.4, 0.5) is 0 Å². The zero-order chi connectivity index (χ0) is 14.1. The Hall–Kier alpha value is -1.04. The van der Waals surface area contributed by atoms with E-state index in [4.69, 9.17) is 9.47 Å². The summed E-state index contributed by atoms with van der Waals surface area (Å²) in [7, 11) is 0.101. The second-order valence-corrected chi connectivity index (χ2v) is 4.55. The first-order chi connectivity index (χ1) is 9.19. The number of hydrogen-bond acceptors (Lipinski definition) is 4. The van der Waals surface area contributed by atoms with Gasteiger partial charge in [-0.25, -0.2) is 0 Å². The summed E-state index contributed by atoms with van der Waals surface area (Å²) in [5.41, 5.74) is 1.22. The molecule has 1 rings (SSSR count). The van der Waals surface area contributed by atoms with Crippen molar-refractivity contribution in [2.75, 3.05) is 13.7 Å². The van der Waals surface area contributed by atoms with Gasteiger partial charge in [-0.15, -0.1) is 0 Å². The molecule has 0 saturated heterocycles. The van der Waals surface area contributed by atoms with Crippen LogP contribution in [-0.4, -0.2) is 30.9 Å². The lowest BCUT2D eigenvalue weighted by Crippen LogP contribution is -2.33. The third-order valence-electron chi connectivity index (χ3n) is 3.03. The van der Waals surface area contributed by atoms with E-state index in [1.165, 1.54) is 19.3 Å². The Labute approximate surface area is 115 Å². The molecule has 0 radical (unpaired) electrons. The van der Waals surface area contributed by atoms with Crippen LogP contribution in [0.5, 0.6) is 5.75 Å². The molecule has 4 nitrogen and oxygen atoms in total. The fraction of sp³-hybridized carbons (Fsp3) is 0.571. The molecule has 0 fully saturated rings. The van der Waals surface area contributed by atoms with Gasteiger partial charge in [0.05, 0.1) is 13.7 Å². The van der Waals surface area contributed by atoms with E-state index in [9.17, 15) is 10.0 Å². The average Bonchev–Trinajstić information content (AvgIpc) is 2.42. The summed E-state index contributed by atoms with van der Waals surface area (Å²) >= 11 is 0. The van der Waals surface area contributed by atoms with Gasteiger partial charge in [0.2, 0.25) is 0 Å². The zero-order valence-electron chi connectivity index (χ0n) is 11.8. The molecule has 1 aromatic rings. The van der Waals surface area contributed by atoms with Gasteiger partial charge in [0.1, 0.15) is 5.75 Å². The number of benzene rings is 1. The number of unbranched alkanes of at least 4 members (excludes halogenated alkanes) is 3. The van der Waals surface area contributed by atoms with Gasteiger partial charge in [-0.2, -0.15) is 0 Å². The molecule has 0 amide bonds. The summed E-state index contributed by atoms with van der Waals surface area (Å²) in [6, 6.07) is 5.14. The summed E-state index contributed by atoms with van der Waals surface area (Å²) in [5.74, 6) is 0.689. The van der Waals surface area contributed by atoms with Crippen molar-refractivity contribution in [1.29, 1.82) is 0 Å². The van der Waals surface area contributed by atoms with Crippen LogP contribution in [0, 0.1) is 0 Å². The second-order valence-electron chi connectivity index (χ2n) is 4.55. The summed E-state index contributed by atoms with van der Waals surface area (Å²) in [4.78, 5) is 0. The van der Waals surface area contributed by atoms with Gasteiger partial charge in [-0.1, -0.05) is 32.3 Å². The molecule has 2 N–H and O–H groups in total. The van der Waals surface area contributed by atoms with Gasteiger partial charge in [-0.3, -0.25) is 0 Å². The smallest absolute Gasteiger partial charge is 0.488 e. The molecule has 5 heteroatoms. The molecule has 0 heterocycles. The maximum Gasteiger partial charge on any atom is 0.488 e. The Kier molecular flexibility index (Phi) is 7.56. The van der Waals surface area contributed by atoms with Crippen LogP contribution in [0.1, 0.15) is 38.2 Å². The van der Waals surface area contributed by atoms with E-state index in [-0.39, 0.29) is 0 Å². The molecule has 0 aliphatic heterocycles. The molecule has 0 aromatic heterocycles. The van der Waals surface area contributed by atoms with Crippen LogP contribution < -0.4 is 10.2 Å². The Morgan fingerprint density at radius 2 is 1.95 bits per heavy atom. The lowest BCUT2D eigenvalue weighted by Gasteiger charge is -2.11. The minimum absolute atomic E-state index is 0.371. The predicted octanol–water partition coefficient (Wildman–Crippen LogP) is 1.47. The fourth-order valence-electron chi connectivity index (χ4n) is 1.90. The van der Waals surface area contributed by atoms with Gasteiger partial charge in [0.25, 0.3) is 0 Å². The SMILES string of the molecule is CCCCCCOCc1cc(OC)ccc1B(O)O. The topological polar surface area (TPSA) is 58.9 Å². The molecule has 0 saturated carbocycles. The van der Waals surface area contributed by atoms with Crippen LogP contribution >= 0.6 is 0 Å². The van der Waals surface area contributed by atoms with Crippen molar-refractivity contribution in [3.05, 3.63) is 23.8 Å². The van der Waals surface area contributed by atoms with Gasteiger partial charge < -0.3 is 19.5 Å². The Morgan fingerprint density at radius 3 is 2.58 bits per heavy atom. The van der Waals surface area contributed by atoms with E-state index in [2.05, 4.69) is 6.92 Å². The van der Waals surface area contributed by atoms with Gasteiger partial charge in [0, 0.05) is 6.61 Å². The van der Waals surface area contributed by atoms with Gasteiger partial charge in [0.15, 0.2) is 0 Å². The van der Waals surface area contributed by atoms with E-state index < -0.39 is 7.12 Å². The largest absolute Gasteiger partial charge is 0.497 e. The van der Waals surface area contributed by atoms with E-state index in [0.717, 1.165) is 12.0 Å². The molecular weight excluding hydrogens is 243 g/mol. The molecule has 1 aromatic carbocycles. The molecule has 0 unspecified atom stereocenters. The summed E-state index contributed by atoms with van der Waals surface area (Å²) in [5, 5.41) is 18.6. The van der Waals surface area contributed by atoms with Crippen molar-refractivity contribution in [3.63, 3.8) is 0 Å². The Balaban J connectivity index is 2.50. The Morgan fingerprint density at radius 1 is 1.16 bits per heavy atom. The highest BCUT2D eigenvalue weighted by Gasteiger charge is 2.16. The van der Waals surface area contributed by atoms with Crippen molar-refractivity contribution in [2.45, 2.75) is 39.2 Å². The highest BCUT2D eigenvalue weighted by atomic mass is 16.5. The first-order valence-electron chi connectivity index (χ1n) is 6.79. The number of ether oxygens (including phenoxy) is 2. The second kappa shape index (κ2) is 8.96. The minimum atomic E-state index is -1.48. The first-order valence-corrected chi connectivity index (χ1v) is 6.79. The number of hydrogen-bond donors (Lipinski definition) is 2. The molecular formula is C14H23BO4. The maximum absolute atomic E-state index is 9.30. The normalized spacial score (nSPS) is 10.5. The van der Waals surface area contributed by atoms with Crippen LogP contribution in [0.2, 0.25) is 0 Å². The molecule has 0 aliphatic rings. The van der Waals surface area contributed by atoms with E-state index in [1.54, 1.807) is 25.3 Å². The molecule has 0 atom stereocenters. The minimum Gasteiger partial charge on any atom is -0.497 e. The van der Waals surface area contributed by atoms with Gasteiger partial charge in [-0.05, 0) is 29.6 Å². The van der Waals surface area contributed by atoms with Crippen molar-refractivity contribution in [2.24, 2.45) is 0 Å².